The first kappa shape index (κ1) is 23.7. The predicted molar refractivity (Wildman–Crippen MR) is 127 cm³/mol. The number of nitrogens with one attached hydrogen (secondary N) is 1. The van der Waals surface area contributed by atoms with Crippen LogP contribution in [-0.2, 0) is 24.9 Å². The molecule has 0 aromatic heterocycles. The van der Waals surface area contributed by atoms with E-state index in [9.17, 15) is 13.2 Å². The SMILES string of the molecule is Cc1ccc(C(C)(C)C)cc1S(=O)(=O)Nc1cccc(C(=O)N2CCC3(CC2)OCCO3)c1. The lowest BCUT2D eigenvalue weighted by Gasteiger charge is -2.37. The molecule has 1 N–H and O–H groups in total. The van der Waals surface area contributed by atoms with Gasteiger partial charge in [-0.3, -0.25) is 9.52 Å². The van der Waals surface area contributed by atoms with Gasteiger partial charge in [0.05, 0.1) is 18.1 Å². The van der Waals surface area contributed by atoms with E-state index in [0.717, 1.165) is 5.56 Å². The van der Waals surface area contributed by atoms with Gasteiger partial charge >= 0.3 is 0 Å². The summed E-state index contributed by atoms with van der Waals surface area (Å²) in [6.45, 7) is 10.2. The first-order valence-electron chi connectivity index (χ1n) is 11.3. The van der Waals surface area contributed by atoms with Crippen molar-refractivity contribution < 1.29 is 22.7 Å². The van der Waals surface area contributed by atoms with Crippen LogP contribution in [0.15, 0.2) is 47.4 Å². The molecule has 0 radical (unpaired) electrons. The maximum absolute atomic E-state index is 13.2. The number of carbonyl (C=O) groups excluding carboxylic acids is 1. The van der Waals surface area contributed by atoms with Crippen LogP contribution in [0.3, 0.4) is 0 Å². The van der Waals surface area contributed by atoms with Crippen LogP contribution in [0, 0.1) is 6.92 Å². The maximum atomic E-state index is 13.2. The van der Waals surface area contributed by atoms with Gasteiger partial charge in [0.2, 0.25) is 0 Å². The molecule has 2 heterocycles. The zero-order chi connectivity index (χ0) is 23.9. The number of rotatable bonds is 4. The van der Waals surface area contributed by atoms with Gasteiger partial charge in [0.1, 0.15) is 0 Å². The fraction of sp³-hybridized carbons (Fsp3) is 0.480. The molecule has 7 nitrogen and oxygen atoms in total. The van der Waals surface area contributed by atoms with Gasteiger partial charge < -0.3 is 14.4 Å². The maximum Gasteiger partial charge on any atom is 0.262 e. The smallest absolute Gasteiger partial charge is 0.262 e. The molecule has 8 heteroatoms. The van der Waals surface area contributed by atoms with E-state index in [4.69, 9.17) is 9.47 Å². The molecule has 2 aromatic carbocycles. The molecule has 0 aliphatic carbocycles. The average Bonchev–Trinajstić information content (AvgIpc) is 3.21. The van der Waals surface area contributed by atoms with E-state index in [1.165, 1.54) is 0 Å². The molecule has 0 saturated carbocycles. The first-order valence-corrected chi connectivity index (χ1v) is 12.8. The van der Waals surface area contributed by atoms with Crippen LogP contribution < -0.4 is 4.72 Å². The average molecular weight is 473 g/mol. The minimum Gasteiger partial charge on any atom is -0.347 e. The molecule has 2 fully saturated rings. The molecule has 0 atom stereocenters. The molecule has 178 valence electrons. The molecule has 2 aliphatic rings. The molecule has 33 heavy (non-hydrogen) atoms. The lowest BCUT2D eigenvalue weighted by molar-refractivity contribution is -0.181. The summed E-state index contributed by atoms with van der Waals surface area (Å²) < 4.78 is 40.5. The highest BCUT2D eigenvalue weighted by Gasteiger charge is 2.40. The second-order valence-electron chi connectivity index (χ2n) is 9.82. The van der Waals surface area contributed by atoms with E-state index >= 15 is 0 Å². The molecule has 2 saturated heterocycles. The quantitative estimate of drug-likeness (QED) is 0.725. The molecular formula is C25H32N2O5S. The van der Waals surface area contributed by atoms with Crippen LogP contribution in [-0.4, -0.2) is 51.3 Å². The Morgan fingerprint density at radius 3 is 2.33 bits per heavy atom. The van der Waals surface area contributed by atoms with Crippen LogP contribution in [0.2, 0.25) is 0 Å². The summed E-state index contributed by atoms with van der Waals surface area (Å²) in [7, 11) is -3.82. The third-order valence-electron chi connectivity index (χ3n) is 6.33. The summed E-state index contributed by atoms with van der Waals surface area (Å²) in [5.74, 6) is -0.678. The number of ether oxygens (including phenoxy) is 2. The van der Waals surface area contributed by atoms with Crippen molar-refractivity contribution in [2.45, 2.75) is 56.6 Å². The van der Waals surface area contributed by atoms with Crippen molar-refractivity contribution in [2.24, 2.45) is 0 Å². The molecule has 0 unspecified atom stereocenters. The van der Waals surface area contributed by atoms with Gasteiger partial charge in [-0.2, -0.15) is 0 Å². The summed E-state index contributed by atoms with van der Waals surface area (Å²) in [6.07, 6.45) is 1.27. The van der Waals surface area contributed by atoms with Gasteiger partial charge in [0.25, 0.3) is 15.9 Å². The minimum atomic E-state index is -3.82. The van der Waals surface area contributed by atoms with E-state index in [1.54, 1.807) is 42.2 Å². The highest BCUT2D eigenvalue weighted by molar-refractivity contribution is 7.92. The summed E-state index contributed by atoms with van der Waals surface area (Å²) in [5.41, 5.74) is 2.24. The molecule has 2 aliphatic heterocycles. The molecule has 1 spiro atoms. The van der Waals surface area contributed by atoms with Gasteiger partial charge in [-0.15, -0.1) is 0 Å². The number of piperidine rings is 1. The number of carbonyl (C=O) groups is 1. The Balaban J connectivity index is 1.51. The highest BCUT2D eigenvalue weighted by Crippen LogP contribution is 2.32. The van der Waals surface area contributed by atoms with Gasteiger partial charge in [0, 0.05) is 37.2 Å². The van der Waals surface area contributed by atoms with Crippen molar-refractivity contribution >= 4 is 21.6 Å². The summed E-state index contributed by atoms with van der Waals surface area (Å²) in [5, 5.41) is 0. The number of benzene rings is 2. The van der Waals surface area contributed by atoms with E-state index < -0.39 is 15.8 Å². The number of likely N-dealkylation sites (tertiary alicyclic amines) is 1. The lowest BCUT2D eigenvalue weighted by atomic mass is 9.87. The first-order chi connectivity index (χ1) is 15.5. The van der Waals surface area contributed by atoms with Crippen molar-refractivity contribution in [3.8, 4) is 0 Å². The Morgan fingerprint density at radius 2 is 1.70 bits per heavy atom. The molecule has 0 bridgehead atoms. The van der Waals surface area contributed by atoms with Crippen molar-refractivity contribution in [3.63, 3.8) is 0 Å². The summed E-state index contributed by atoms with van der Waals surface area (Å²) in [4.78, 5) is 15.1. The van der Waals surface area contributed by atoms with Gasteiger partial charge in [-0.25, -0.2) is 8.42 Å². The van der Waals surface area contributed by atoms with E-state index in [1.807, 2.05) is 32.9 Å². The standard InChI is InChI=1S/C25H32N2O5S/c1-18-8-9-20(24(2,3)4)17-22(18)33(29,30)26-21-7-5-6-19(16-21)23(28)27-12-10-25(11-13-27)31-14-15-32-25/h5-9,16-17,26H,10-15H2,1-4H3. The number of hydrogen-bond acceptors (Lipinski definition) is 5. The molecule has 1 amide bonds. The van der Waals surface area contributed by atoms with Gasteiger partial charge in [-0.05, 0) is 47.7 Å². The van der Waals surface area contributed by atoms with Crippen LogP contribution in [0.25, 0.3) is 0 Å². The van der Waals surface area contributed by atoms with Crippen LogP contribution in [0.4, 0.5) is 5.69 Å². The predicted octanol–water partition coefficient (Wildman–Crippen LogP) is 4.07. The largest absolute Gasteiger partial charge is 0.347 e. The summed E-state index contributed by atoms with van der Waals surface area (Å²) >= 11 is 0. The Bertz CT molecular complexity index is 1140. The second kappa shape index (κ2) is 8.74. The molecule has 2 aromatic rings. The Hall–Kier alpha value is -2.42. The third-order valence-corrected chi connectivity index (χ3v) is 7.85. The topological polar surface area (TPSA) is 84.9 Å². The van der Waals surface area contributed by atoms with E-state index in [-0.39, 0.29) is 16.2 Å². The van der Waals surface area contributed by atoms with E-state index in [0.29, 0.717) is 56.0 Å². The minimum absolute atomic E-state index is 0.130. The summed E-state index contributed by atoms with van der Waals surface area (Å²) in [6, 6.07) is 12.2. The van der Waals surface area contributed by atoms with Gasteiger partial charge in [0.15, 0.2) is 5.79 Å². The van der Waals surface area contributed by atoms with Crippen molar-refractivity contribution in [2.75, 3.05) is 31.0 Å². The number of aryl methyl sites for hydroxylation is 1. The van der Waals surface area contributed by atoms with Crippen molar-refractivity contribution in [1.29, 1.82) is 0 Å². The highest BCUT2D eigenvalue weighted by atomic mass is 32.2. The Kier molecular flexibility index (Phi) is 6.28. The number of anilines is 1. The number of hydrogen-bond donors (Lipinski definition) is 1. The zero-order valence-corrected chi connectivity index (χ0v) is 20.5. The normalized spacial score (nSPS) is 18.5. The lowest BCUT2D eigenvalue weighted by Crippen LogP contribution is -2.47. The fourth-order valence-corrected chi connectivity index (χ4v) is 5.62. The molecule has 4 rings (SSSR count). The van der Waals surface area contributed by atoms with Crippen LogP contribution in [0.5, 0.6) is 0 Å². The number of nitrogens with zero attached hydrogens (tertiary/aromatic N) is 1. The number of sulfonamides is 1. The van der Waals surface area contributed by atoms with Gasteiger partial charge in [-0.1, -0.05) is 39.0 Å². The zero-order valence-electron chi connectivity index (χ0n) is 19.7. The second-order valence-corrected chi connectivity index (χ2v) is 11.5. The Morgan fingerprint density at radius 1 is 1.03 bits per heavy atom. The number of amides is 1. The fourth-order valence-electron chi connectivity index (χ4n) is 4.30. The van der Waals surface area contributed by atoms with Crippen molar-refractivity contribution in [1.82, 2.24) is 4.90 Å². The monoisotopic (exact) mass is 472 g/mol. The Labute approximate surface area is 196 Å². The van der Waals surface area contributed by atoms with Crippen LogP contribution >= 0.6 is 0 Å². The third kappa shape index (κ3) is 5.08. The molecular weight excluding hydrogens is 440 g/mol. The van der Waals surface area contributed by atoms with E-state index in [2.05, 4.69) is 4.72 Å². The van der Waals surface area contributed by atoms with Crippen LogP contribution in [0.1, 0.15) is 55.1 Å². The van der Waals surface area contributed by atoms with Crippen molar-refractivity contribution in [3.05, 3.63) is 59.2 Å².